The van der Waals surface area contributed by atoms with E-state index in [0.717, 1.165) is 18.2 Å². The number of hydrogen-bond acceptors (Lipinski definition) is 2. The molecule has 0 aliphatic rings. The lowest BCUT2D eigenvalue weighted by molar-refractivity contribution is 0.589. The van der Waals surface area contributed by atoms with Crippen molar-refractivity contribution in [1.82, 2.24) is 19.3 Å². The molecular weight excluding hydrogens is 298 g/mol. The maximum absolute atomic E-state index is 14.2. The molecule has 1 unspecified atom stereocenters. The fourth-order valence-electron chi connectivity index (χ4n) is 2.45. The zero-order chi connectivity index (χ0) is 15.3. The van der Waals surface area contributed by atoms with Gasteiger partial charge in [-0.2, -0.15) is 5.10 Å². The van der Waals surface area contributed by atoms with Crippen LogP contribution in [0, 0.1) is 18.6 Å². The molecule has 0 bridgehead atoms. The summed E-state index contributed by atoms with van der Waals surface area (Å²) >= 11 is 6.15. The molecule has 0 amide bonds. The summed E-state index contributed by atoms with van der Waals surface area (Å²) in [5.41, 5.74) is 1.99. The summed E-state index contributed by atoms with van der Waals surface area (Å²) in [5, 5.41) is 3.80. The number of hydrogen-bond donors (Lipinski definition) is 0. The molecule has 2 aromatic heterocycles. The monoisotopic (exact) mass is 310 g/mol. The fourth-order valence-corrected chi connectivity index (χ4v) is 2.60. The van der Waals surface area contributed by atoms with Crippen molar-refractivity contribution in [3.05, 3.63) is 41.4 Å². The highest BCUT2D eigenvalue weighted by Gasteiger charge is 2.23. The molecule has 0 aliphatic heterocycles. The van der Waals surface area contributed by atoms with E-state index in [1.807, 2.05) is 6.92 Å². The van der Waals surface area contributed by atoms with Crippen LogP contribution in [0.25, 0.3) is 16.9 Å². The van der Waals surface area contributed by atoms with Crippen LogP contribution in [0.5, 0.6) is 0 Å². The molecule has 110 valence electrons. The molecule has 0 saturated carbocycles. The van der Waals surface area contributed by atoms with Crippen LogP contribution >= 0.6 is 11.6 Å². The summed E-state index contributed by atoms with van der Waals surface area (Å²) in [6.07, 6.45) is 0. The Balaban J connectivity index is 2.44. The van der Waals surface area contributed by atoms with Gasteiger partial charge in [0.25, 0.3) is 0 Å². The Labute approximate surface area is 125 Å². The third kappa shape index (κ3) is 2.10. The highest BCUT2D eigenvalue weighted by atomic mass is 35.5. The van der Waals surface area contributed by atoms with E-state index in [1.54, 1.807) is 18.7 Å². The minimum atomic E-state index is -0.548. The lowest BCUT2D eigenvalue weighted by Crippen LogP contribution is -2.08. The highest BCUT2D eigenvalue weighted by Crippen LogP contribution is 2.30. The second-order valence-electron chi connectivity index (χ2n) is 4.90. The van der Waals surface area contributed by atoms with E-state index in [0.29, 0.717) is 22.7 Å². The summed E-state index contributed by atoms with van der Waals surface area (Å²) in [6, 6.07) is 3.29. The van der Waals surface area contributed by atoms with Gasteiger partial charge >= 0.3 is 0 Å². The predicted molar refractivity (Wildman–Crippen MR) is 76.8 cm³/mol. The van der Waals surface area contributed by atoms with Crippen LogP contribution in [0.2, 0.25) is 0 Å². The largest absolute Gasteiger partial charge is 0.277 e. The third-order valence-electron chi connectivity index (χ3n) is 3.33. The second-order valence-corrected chi connectivity index (χ2v) is 5.55. The van der Waals surface area contributed by atoms with Crippen molar-refractivity contribution in [2.24, 2.45) is 7.05 Å². The van der Waals surface area contributed by atoms with Gasteiger partial charge in [0.05, 0.1) is 16.8 Å². The Bertz CT molecular complexity index is 835. The van der Waals surface area contributed by atoms with Crippen LogP contribution in [0.1, 0.15) is 23.8 Å². The standard InChI is InChI=1S/C14H13ClF2N4/c1-7(15)13-18-12-8(2)19-20(3)14(12)21(13)11-6-9(16)4-5-10(11)17/h4-7H,1-3H3. The van der Waals surface area contributed by atoms with Gasteiger partial charge in [-0.05, 0) is 26.0 Å². The summed E-state index contributed by atoms with van der Waals surface area (Å²) in [4.78, 5) is 4.44. The van der Waals surface area contributed by atoms with E-state index < -0.39 is 17.0 Å². The minimum absolute atomic E-state index is 0.0722. The van der Waals surface area contributed by atoms with Crippen molar-refractivity contribution >= 4 is 22.8 Å². The number of benzene rings is 1. The molecule has 0 spiro atoms. The van der Waals surface area contributed by atoms with Gasteiger partial charge in [0.15, 0.2) is 5.65 Å². The van der Waals surface area contributed by atoms with Crippen molar-refractivity contribution < 1.29 is 8.78 Å². The lowest BCUT2D eigenvalue weighted by atomic mass is 10.2. The van der Waals surface area contributed by atoms with Crippen LogP contribution in [0.4, 0.5) is 8.78 Å². The summed E-state index contributed by atoms with van der Waals surface area (Å²) in [5.74, 6) is -0.624. The zero-order valence-corrected chi connectivity index (χ0v) is 12.5. The van der Waals surface area contributed by atoms with Crippen molar-refractivity contribution in [2.75, 3.05) is 0 Å². The van der Waals surface area contributed by atoms with Gasteiger partial charge in [0.2, 0.25) is 0 Å². The van der Waals surface area contributed by atoms with E-state index in [-0.39, 0.29) is 5.69 Å². The lowest BCUT2D eigenvalue weighted by Gasteiger charge is -2.12. The molecule has 0 aliphatic carbocycles. The molecule has 3 aromatic rings. The number of rotatable bonds is 2. The highest BCUT2D eigenvalue weighted by molar-refractivity contribution is 6.20. The zero-order valence-electron chi connectivity index (χ0n) is 11.7. The predicted octanol–water partition coefficient (Wildman–Crippen LogP) is 3.65. The fraction of sp³-hybridized carbons (Fsp3) is 0.286. The maximum Gasteiger partial charge on any atom is 0.163 e. The van der Waals surface area contributed by atoms with Gasteiger partial charge in [-0.1, -0.05) is 0 Å². The average molecular weight is 311 g/mol. The molecule has 4 nitrogen and oxygen atoms in total. The van der Waals surface area contributed by atoms with E-state index in [1.165, 1.54) is 4.57 Å². The first-order valence-electron chi connectivity index (χ1n) is 6.41. The van der Waals surface area contributed by atoms with Crippen LogP contribution in [0.15, 0.2) is 18.2 Å². The SMILES string of the molecule is Cc1nn(C)c2c1nc(C(C)Cl)n2-c1cc(F)ccc1F. The topological polar surface area (TPSA) is 35.6 Å². The van der Waals surface area contributed by atoms with Gasteiger partial charge in [-0.25, -0.2) is 18.4 Å². The Morgan fingerprint density at radius 3 is 2.67 bits per heavy atom. The van der Waals surface area contributed by atoms with E-state index in [9.17, 15) is 8.78 Å². The van der Waals surface area contributed by atoms with Crippen molar-refractivity contribution in [2.45, 2.75) is 19.2 Å². The molecule has 0 radical (unpaired) electrons. The summed E-state index contributed by atoms with van der Waals surface area (Å²) in [6.45, 7) is 3.55. The number of nitrogens with zero attached hydrogens (tertiary/aromatic N) is 4. The maximum atomic E-state index is 14.2. The molecule has 21 heavy (non-hydrogen) atoms. The molecule has 1 aromatic carbocycles. The number of halogens is 3. The first kappa shape index (κ1) is 14.0. The summed E-state index contributed by atoms with van der Waals surface area (Å²) < 4.78 is 30.8. The number of fused-ring (bicyclic) bond motifs is 1. The van der Waals surface area contributed by atoms with Gasteiger partial charge in [-0.3, -0.25) is 4.57 Å². The van der Waals surface area contributed by atoms with Crippen molar-refractivity contribution in [3.8, 4) is 5.69 Å². The minimum Gasteiger partial charge on any atom is -0.277 e. The molecule has 0 fully saturated rings. The Morgan fingerprint density at radius 1 is 1.29 bits per heavy atom. The first-order valence-corrected chi connectivity index (χ1v) is 6.85. The molecule has 1 atom stereocenters. The molecule has 3 rings (SSSR count). The molecule has 0 saturated heterocycles. The second kappa shape index (κ2) is 4.80. The van der Waals surface area contributed by atoms with Crippen LogP contribution < -0.4 is 0 Å². The van der Waals surface area contributed by atoms with Crippen LogP contribution in [-0.2, 0) is 7.05 Å². The van der Waals surface area contributed by atoms with Gasteiger partial charge in [0, 0.05) is 13.1 Å². The van der Waals surface area contributed by atoms with Crippen molar-refractivity contribution in [1.29, 1.82) is 0 Å². The molecule has 7 heteroatoms. The molecule has 2 heterocycles. The van der Waals surface area contributed by atoms with Gasteiger partial charge < -0.3 is 0 Å². The van der Waals surface area contributed by atoms with E-state index >= 15 is 0 Å². The smallest absolute Gasteiger partial charge is 0.163 e. The van der Waals surface area contributed by atoms with E-state index in [4.69, 9.17) is 11.6 Å². The molecular formula is C14H13ClF2N4. The number of imidazole rings is 1. The van der Waals surface area contributed by atoms with Gasteiger partial charge in [-0.15, -0.1) is 11.6 Å². The Morgan fingerprint density at radius 2 is 2.00 bits per heavy atom. The molecule has 0 N–H and O–H groups in total. The third-order valence-corrected chi connectivity index (χ3v) is 3.53. The van der Waals surface area contributed by atoms with Crippen LogP contribution in [-0.4, -0.2) is 19.3 Å². The Kier molecular flexibility index (Phi) is 3.20. The number of aryl methyl sites for hydroxylation is 2. The summed E-state index contributed by atoms with van der Waals surface area (Å²) in [7, 11) is 1.73. The normalized spacial score (nSPS) is 13.0. The van der Waals surface area contributed by atoms with Gasteiger partial charge in [0.1, 0.15) is 23.0 Å². The Hall–Kier alpha value is -1.95. The van der Waals surface area contributed by atoms with Crippen LogP contribution in [0.3, 0.4) is 0 Å². The van der Waals surface area contributed by atoms with E-state index in [2.05, 4.69) is 10.1 Å². The quantitative estimate of drug-likeness (QED) is 0.677. The average Bonchev–Trinajstić information content (AvgIpc) is 2.92. The number of alkyl halides is 1. The first-order chi connectivity index (χ1) is 9.90. The van der Waals surface area contributed by atoms with Crippen molar-refractivity contribution in [3.63, 3.8) is 0 Å². The number of aromatic nitrogens is 4.